The van der Waals surface area contributed by atoms with Crippen LogP contribution in [0.25, 0.3) is 0 Å². The molecule has 1 aliphatic carbocycles. The largest absolute Gasteiger partial charge is 0.354 e. The highest BCUT2D eigenvalue weighted by molar-refractivity contribution is 6.43. The van der Waals surface area contributed by atoms with Gasteiger partial charge in [0.05, 0.1) is 15.6 Å². The molecule has 6 heteroatoms. The summed E-state index contributed by atoms with van der Waals surface area (Å²) in [4.78, 5) is 24.0. The Labute approximate surface area is 134 Å². The summed E-state index contributed by atoms with van der Waals surface area (Å²) < 4.78 is 0. The second-order valence-electron chi connectivity index (χ2n) is 5.34. The van der Waals surface area contributed by atoms with Crippen LogP contribution in [-0.4, -0.2) is 24.4 Å². The second-order valence-corrected chi connectivity index (χ2v) is 6.12. The van der Waals surface area contributed by atoms with Crippen LogP contribution in [0.3, 0.4) is 0 Å². The van der Waals surface area contributed by atoms with Crippen molar-refractivity contribution in [2.75, 3.05) is 6.54 Å². The van der Waals surface area contributed by atoms with E-state index in [1.807, 2.05) is 0 Å². The van der Waals surface area contributed by atoms with Gasteiger partial charge in [-0.2, -0.15) is 0 Å². The molecular weight excluding hydrogens is 311 g/mol. The van der Waals surface area contributed by atoms with Gasteiger partial charge in [0.1, 0.15) is 6.04 Å². The van der Waals surface area contributed by atoms with Gasteiger partial charge in [-0.05, 0) is 37.8 Å². The molecule has 1 fully saturated rings. The summed E-state index contributed by atoms with van der Waals surface area (Å²) in [5.41, 5.74) is 0.266. The van der Waals surface area contributed by atoms with Gasteiger partial charge in [-0.1, -0.05) is 35.7 Å². The fourth-order valence-electron chi connectivity index (χ4n) is 2.11. The zero-order chi connectivity index (χ0) is 15.4. The summed E-state index contributed by atoms with van der Waals surface area (Å²) >= 11 is 11.9. The molecule has 2 rings (SSSR count). The molecule has 0 aromatic heterocycles. The van der Waals surface area contributed by atoms with Crippen molar-refractivity contribution in [3.63, 3.8) is 0 Å². The van der Waals surface area contributed by atoms with Crippen molar-refractivity contribution >= 4 is 35.0 Å². The van der Waals surface area contributed by atoms with E-state index in [0.717, 1.165) is 0 Å². The number of hydrogen-bond donors (Lipinski definition) is 2. The lowest BCUT2D eigenvalue weighted by molar-refractivity contribution is -0.122. The molecule has 0 unspecified atom stereocenters. The molecule has 0 spiro atoms. The van der Waals surface area contributed by atoms with E-state index in [9.17, 15) is 9.59 Å². The fourth-order valence-corrected chi connectivity index (χ4v) is 2.50. The topological polar surface area (TPSA) is 58.2 Å². The van der Waals surface area contributed by atoms with Crippen LogP contribution < -0.4 is 10.6 Å². The van der Waals surface area contributed by atoms with Crippen molar-refractivity contribution in [2.45, 2.75) is 32.2 Å². The van der Waals surface area contributed by atoms with Gasteiger partial charge < -0.3 is 10.6 Å². The van der Waals surface area contributed by atoms with Crippen molar-refractivity contribution in [3.05, 3.63) is 33.8 Å². The number of carbonyl (C=O) groups is 2. The lowest BCUT2D eigenvalue weighted by Crippen LogP contribution is -2.46. The molecule has 2 N–H and O–H groups in total. The standard InChI is InChI=1S/C15H18Cl2N2O2/c1-9(14(20)18-8-10-4-2-5-10)19-15(21)11-6-3-7-12(16)13(11)17/h3,6-7,9-10H,2,4-5,8H2,1H3,(H,18,20)(H,19,21)/t9-/m0/s1. The van der Waals surface area contributed by atoms with Crippen LogP contribution in [0.1, 0.15) is 36.5 Å². The maximum absolute atomic E-state index is 12.1. The summed E-state index contributed by atoms with van der Waals surface area (Å²) in [6, 6.07) is 4.20. The zero-order valence-electron chi connectivity index (χ0n) is 11.8. The van der Waals surface area contributed by atoms with Gasteiger partial charge in [-0.25, -0.2) is 0 Å². The maximum atomic E-state index is 12.1. The van der Waals surface area contributed by atoms with E-state index in [1.54, 1.807) is 25.1 Å². The summed E-state index contributed by atoms with van der Waals surface area (Å²) in [7, 11) is 0. The summed E-state index contributed by atoms with van der Waals surface area (Å²) in [6.45, 7) is 2.32. The van der Waals surface area contributed by atoms with Crippen molar-refractivity contribution in [2.24, 2.45) is 5.92 Å². The average Bonchev–Trinajstić information content (AvgIpc) is 2.39. The van der Waals surface area contributed by atoms with Gasteiger partial charge in [0.2, 0.25) is 5.91 Å². The number of halogens is 2. The minimum atomic E-state index is -0.618. The summed E-state index contributed by atoms with van der Waals surface area (Å²) in [5, 5.41) is 5.99. The highest BCUT2D eigenvalue weighted by Crippen LogP contribution is 2.26. The number of amides is 2. The number of rotatable bonds is 5. The third-order valence-corrected chi connectivity index (χ3v) is 4.55. The molecule has 0 radical (unpaired) electrons. The van der Waals surface area contributed by atoms with E-state index >= 15 is 0 Å². The molecule has 0 bridgehead atoms. The van der Waals surface area contributed by atoms with Crippen molar-refractivity contribution < 1.29 is 9.59 Å². The molecule has 1 aromatic carbocycles. The molecule has 1 aliphatic rings. The van der Waals surface area contributed by atoms with Gasteiger partial charge in [-0.15, -0.1) is 0 Å². The van der Waals surface area contributed by atoms with E-state index in [0.29, 0.717) is 17.5 Å². The first-order valence-corrected chi connectivity index (χ1v) is 7.77. The second kappa shape index (κ2) is 7.14. The molecule has 1 saturated carbocycles. The third kappa shape index (κ3) is 4.11. The Morgan fingerprint density at radius 2 is 2.05 bits per heavy atom. The van der Waals surface area contributed by atoms with Gasteiger partial charge >= 0.3 is 0 Å². The lowest BCUT2D eigenvalue weighted by Gasteiger charge is -2.26. The van der Waals surface area contributed by atoms with Gasteiger partial charge in [0.15, 0.2) is 0 Å². The predicted molar refractivity (Wildman–Crippen MR) is 83.7 cm³/mol. The Morgan fingerprint density at radius 1 is 1.33 bits per heavy atom. The first-order chi connectivity index (χ1) is 9.99. The molecular formula is C15H18Cl2N2O2. The molecule has 0 aliphatic heterocycles. The highest BCUT2D eigenvalue weighted by atomic mass is 35.5. The number of carbonyl (C=O) groups excluding carboxylic acids is 2. The normalized spacial score (nSPS) is 16.0. The first-order valence-electron chi connectivity index (χ1n) is 7.01. The molecule has 4 nitrogen and oxygen atoms in total. The van der Waals surface area contributed by atoms with Crippen LogP contribution in [-0.2, 0) is 4.79 Å². The lowest BCUT2D eigenvalue weighted by atomic mass is 9.85. The van der Waals surface area contributed by atoms with Crippen LogP contribution in [0, 0.1) is 5.92 Å². The van der Waals surface area contributed by atoms with E-state index in [-0.39, 0.29) is 16.5 Å². The van der Waals surface area contributed by atoms with Crippen LogP contribution in [0.4, 0.5) is 0 Å². The molecule has 0 heterocycles. The fraction of sp³-hybridized carbons (Fsp3) is 0.467. The van der Waals surface area contributed by atoms with Crippen molar-refractivity contribution in [1.29, 1.82) is 0 Å². The van der Waals surface area contributed by atoms with Crippen LogP contribution in [0.2, 0.25) is 10.0 Å². The quantitative estimate of drug-likeness (QED) is 0.872. The van der Waals surface area contributed by atoms with Gasteiger partial charge in [0, 0.05) is 6.54 Å². The van der Waals surface area contributed by atoms with E-state index < -0.39 is 11.9 Å². The number of nitrogens with one attached hydrogen (secondary N) is 2. The molecule has 21 heavy (non-hydrogen) atoms. The Balaban J connectivity index is 1.88. The van der Waals surface area contributed by atoms with E-state index in [4.69, 9.17) is 23.2 Å². The van der Waals surface area contributed by atoms with E-state index in [1.165, 1.54) is 19.3 Å². The van der Waals surface area contributed by atoms with Crippen LogP contribution in [0.5, 0.6) is 0 Å². The van der Waals surface area contributed by atoms with E-state index in [2.05, 4.69) is 10.6 Å². The molecule has 114 valence electrons. The van der Waals surface area contributed by atoms with Crippen LogP contribution in [0.15, 0.2) is 18.2 Å². The zero-order valence-corrected chi connectivity index (χ0v) is 13.3. The Bertz CT molecular complexity index is 544. The maximum Gasteiger partial charge on any atom is 0.253 e. The highest BCUT2D eigenvalue weighted by Gasteiger charge is 2.22. The molecule has 2 amide bonds. The SMILES string of the molecule is C[C@H](NC(=O)c1cccc(Cl)c1Cl)C(=O)NCC1CCC1. The third-order valence-electron chi connectivity index (χ3n) is 3.73. The first kappa shape index (κ1) is 16.1. The van der Waals surface area contributed by atoms with Gasteiger partial charge in [-0.3, -0.25) is 9.59 Å². The summed E-state index contributed by atoms with van der Waals surface area (Å²) in [5.74, 6) is -0.0126. The number of hydrogen-bond acceptors (Lipinski definition) is 2. The number of benzene rings is 1. The minimum Gasteiger partial charge on any atom is -0.354 e. The molecule has 1 aromatic rings. The van der Waals surface area contributed by atoms with Gasteiger partial charge in [0.25, 0.3) is 5.91 Å². The Kier molecular flexibility index (Phi) is 5.48. The molecule has 0 saturated heterocycles. The Hall–Kier alpha value is -1.26. The van der Waals surface area contributed by atoms with Crippen molar-refractivity contribution in [3.8, 4) is 0 Å². The average molecular weight is 329 g/mol. The Morgan fingerprint density at radius 3 is 2.67 bits per heavy atom. The predicted octanol–water partition coefficient (Wildman–Crippen LogP) is 3.03. The van der Waals surface area contributed by atoms with Crippen molar-refractivity contribution in [1.82, 2.24) is 10.6 Å². The summed E-state index contributed by atoms with van der Waals surface area (Å²) in [6.07, 6.45) is 3.57. The monoisotopic (exact) mass is 328 g/mol. The smallest absolute Gasteiger partial charge is 0.253 e. The molecule has 1 atom stereocenters. The minimum absolute atomic E-state index is 0.187. The van der Waals surface area contributed by atoms with Crippen LogP contribution >= 0.6 is 23.2 Å².